The lowest BCUT2D eigenvalue weighted by Gasteiger charge is -2.24. The highest BCUT2D eigenvalue weighted by Gasteiger charge is 2.24. The maximum Gasteiger partial charge on any atom is 0.278 e. The Morgan fingerprint density at radius 2 is 1.66 bits per heavy atom. The molecule has 0 bridgehead atoms. The highest BCUT2D eigenvalue weighted by Crippen LogP contribution is 2.42. The molecule has 1 aliphatic rings. The van der Waals surface area contributed by atoms with Crippen LogP contribution in [0.3, 0.4) is 0 Å². The van der Waals surface area contributed by atoms with Crippen LogP contribution in [0, 0.1) is 10.1 Å². The molecular formula is C27H23N3O2. The maximum atomic E-state index is 11.6. The number of pyridine rings is 2. The molecule has 1 unspecified atom stereocenters. The van der Waals surface area contributed by atoms with Crippen molar-refractivity contribution in [2.24, 2.45) is 0 Å². The second-order valence-corrected chi connectivity index (χ2v) is 8.32. The van der Waals surface area contributed by atoms with Crippen LogP contribution in [0.2, 0.25) is 0 Å². The van der Waals surface area contributed by atoms with Crippen LogP contribution in [0.5, 0.6) is 0 Å². The van der Waals surface area contributed by atoms with Crippen LogP contribution in [-0.2, 0) is 6.42 Å². The van der Waals surface area contributed by atoms with E-state index in [0.29, 0.717) is 5.92 Å². The summed E-state index contributed by atoms with van der Waals surface area (Å²) in [5, 5.41) is 17.8. The lowest BCUT2D eigenvalue weighted by atomic mass is 9.80. The van der Waals surface area contributed by atoms with Crippen molar-refractivity contribution in [2.45, 2.75) is 32.1 Å². The van der Waals surface area contributed by atoms with E-state index >= 15 is 0 Å². The molecule has 6 rings (SSSR count). The van der Waals surface area contributed by atoms with E-state index < -0.39 is 0 Å². The molecule has 2 heterocycles. The third-order valence-corrected chi connectivity index (χ3v) is 6.38. The minimum absolute atomic E-state index is 0.228. The third kappa shape index (κ3) is 3.56. The van der Waals surface area contributed by atoms with Gasteiger partial charge in [0.2, 0.25) is 0 Å². The molecule has 0 saturated heterocycles. The van der Waals surface area contributed by atoms with Gasteiger partial charge in [0.25, 0.3) is 5.69 Å². The number of nitro groups is 1. The third-order valence-electron chi connectivity index (χ3n) is 6.38. The molecular weight excluding hydrogens is 398 g/mol. The fourth-order valence-corrected chi connectivity index (χ4v) is 4.81. The number of nitro benzene ring substituents is 1. The molecule has 5 heteroatoms. The molecule has 0 aliphatic heterocycles. The smallest absolute Gasteiger partial charge is 0.264 e. The molecule has 2 aromatic heterocycles. The van der Waals surface area contributed by atoms with E-state index in [9.17, 15) is 10.1 Å². The SMILES string of the molecule is CC1CCCc2c1ccc1c2c([N+](=O)[O-])cc2ccccc21.c1cc2ccncc2cn1. The van der Waals surface area contributed by atoms with Gasteiger partial charge in [-0.1, -0.05) is 43.3 Å². The Kier molecular flexibility index (Phi) is 5.23. The lowest BCUT2D eigenvalue weighted by molar-refractivity contribution is -0.383. The van der Waals surface area contributed by atoms with Gasteiger partial charge in [0.1, 0.15) is 0 Å². The zero-order valence-electron chi connectivity index (χ0n) is 17.9. The minimum Gasteiger partial charge on any atom is -0.264 e. The highest BCUT2D eigenvalue weighted by atomic mass is 16.6. The summed E-state index contributed by atoms with van der Waals surface area (Å²) in [4.78, 5) is 19.3. The Morgan fingerprint density at radius 1 is 0.906 bits per heavy atom. The van der Waals surface area contributed by atoms with E-state index in [4.69, 9.17) is 0 Å². The fourth-order valence-electron chi connectivity index (χ4n) is 4.81. The quantitative estimate of drug-likeness (QED) is 0.166. The Hall–Kier alpha value is -3.86. The Labute approximate surface area is 185 Å². The van der Waals surface area contributed by atoms with Crippen molar-refractivity contribution < 1.29 is 4.92 Å². The van der Waals surface area contributed by atoms with Crippen molar-refractivity contribution in [1.82, 2.24) is 9.97 Å². The first kappa shape index (κ1) is 20.1. The summed E-state index contributed by atoms with van der Waals surface area (Å²) in [5.74, 6) is 0.485. The van der Waals surface area contributed by atoms with Gasteiger partial charge in [0.05, 0.1) is 10.3 Å². The van der Waals surface area contributed by atoms with Crippen molar-refractivity contribution in [3.05, 3.63) is 101 Å². The average Bonchev–Trinajstić information content (AvgIpc) is 2.84. The minimum atomic E-state index is -0.228. The Balaban J connectivity index is 0.000000180. The molecule has 0 N–H and O–H groups in total. The molecule has 0 fully saturated rings. The first-order valence-electron chi connectivity index (χ1n) is 10.9. The maximum absolute atomic E-state index is 11.6. The summed E-state index contributed by atoms with van der Waals surface area (Å²) in [6.07, 6.45) is 10.4. The van der Waals surface area contributed by atoms with Gasteiger partial charge in [0, 0.05) is 36.2 Å². The molecule has 5 aromatic rings. The van der Waals surface area contributed by atoms with Crippen LogP contribution in [0.1, 0.15) is 36.8 Å². The van der Waals surface area contributed by atoms with Crippen LogP contribution < -0.4 is 0 Å². The number of aromatic nitrogens is 2. The standard InChI is InChI=1S/C19H17NO2.C8H6N2/c1-12-5-4-8-16-14(12)9-10-17-15-7-3-2-6-13(15)11-18(19(16)17)20(21)22;1-3-9-5-8-6-10-4-2-7(1)8/h2-3,6-7,9-12H,4-5,8H2,1H3;1-6H. The van der Waals surface area contributed by atoms with Gasteiger partial charge in [-0.3, -0.25) is 20.1 Å². The molecule has 0 spiro atoms. The van der Waals surface area contributed by atoms with Gasteiger partial charge >= 0.3 is 0 Å². The second kappa shape index (κ2) is 8.35. The van der Waals surface area contributed by atoms with E-state index in [1.54, 1.807) is 18.5 Å². The van der Waals surface area contributed by atoms with Crippen molar-refractivity contribution in [2.75, 3.05) is 0 Å². The van der Waals surface area contributed by atoms with Crippen molar-refractivity contribution >= 4 is 38.0 Å². The number of nitrogens with zero attached hydrogens (tertiary/aromatic N) is 3. The molecule has 1 atom stereocenters. The summed E-state index contributed by atoms with van der Waals surface area (Å²) in [5.41, 5.74) is 2.73. The average molecular weight is 422 g/mol. The first-order valence-corrected chi connectivity index (χ1v) is 10.9. The summed E-state index contributed by atoms with van der Waals surface area (Å²) < 4.78 is 0. The fraction of sp³-hybridized carbons (Fsp3) is 0.185. The molecule has 1 aliphatic carbocycles. The molecule has 0 saturated carbocycles. The Bertz CT molecular complexity index is 1400. The number of benzene rings is 3. The van der Waals surface area contributed by atoms with Gasteiger partial charge in [-0.2, -0.15) is 0 Å². The number of aryl methyl sites for hydroxylation is 1. The molecule has 32 heavy (non-hydrogen) atoms. The van der Waals surface area contributed by atoms with Crippen LogP contribution in [0.25, 0.3) is 32.3 Å². The lowest BCUT2D eigenvalue weighted by Crippen LogP contribution is -2.08. The van der Waals surface area contributed by atoms with Crippen LogP contribution in [-0.4, -0.2) is 14.9 Å². The highest BCUT2D eigenvalue weighted by molar-refractivity contribution is 6.13. The van der Waals surface area contributed by atoms with E-state index in [0.717, 1.165) is 39.8 Å². The summed E-state index contributed by atoms with van der Waals surface area (Å²) in [6.45, 7) is 2.22. The summed E-state index contributed by atoms with van der Waals surface area (Å²) in [7, 11) is 0. The van der Waals surface area contributed by atoms with Crippen molar-refractivity contribution in [3.8, 4) is 0 Å². The number of hydrogen-bond acceptors (Lipinski definition) is 4. The largest absolute Gasteiger partial charge is 0.278 e. The van der Waals surface area contributed by atoms with Gasteiger partial charge < -0.3 is 0 Å². The number of non-ortho nitro benzene ring substituents is 1. The number of hydrogen-bond donors (Lipinski definition) is 0. The van der Waals surface area contributed by atoms with Gasteiger partial charge in [-0.05, 0) is 70.0 Å². The van der Waals surface area contributed by atoms with Crippen molar-refractivity contribution in [3.63, 3.8) is 0 Å². The zero-order chi connectivity index (χ0) is 22.1. The predicted molar refractivity (Wildman–Crippen MR) is 129 cm³/mol. The zero-order valence-corrected chi connectivity index (χ0v) is 17.9. The van der Waals surface area contributed by atoms with Gasteiger partial charge in [-0.25, -0.2) is 0 Å². The summed E-state index contributed by atoms with van der Waals surface area (Å²) in [6, 6.07) is 17.9. The monoisotopic (exact) mass is 421 g/mol. The van der Waals surface area contributed by atoms with E-state index in [-0.39, 0.29) is 10.6 Å². The van der Waals surface area contributed by atoms with E-state index in [2.05, 4.69) is 35.1 Å². The molecule has 0 radical (unpaired) electrons. The first-order chi connectivity index (χ1) is 15.6. The van der Waals surface area contributed by atoms with Gasteiger partial charge in [-0.15, -0.1) is 0 Å². The predicted octanol–water partition coefficient (Wildman–Crippen LogP) is 6.97. The normalized spacial score (nSPS) is 15.2. The van der Waals surface area contributed by atoms with E-state index in [1.165, 1.54) is 22.9 Å². The molecule has 3 aromatic carbocycles. The Morgan fingerprint density at radius 3 is 2.38 bits per heavy atom. The van der Waals surface area contributed by atoms with Crippen molar-refractivity contribution in [1.29, 1.82) is 0 Å². The van der Waals surface area contributed by atoms with Crippen LogP contribution in [0.4, 0.5) is 5.69 Å². The summed E-state index contributed by atoms with van der Waals surface area (Å²) >= 11 is 0. The molecule has 5 nitrogen and oxygen atoms in total. The second-order valence-electron chi connectivity index (χ2n) is 8.32. The van der Waals surface area contributed by atoms with Crippen LogP contribution >= 0.6 is 0 Å². The molecule has 0 amide bonds. The number of rotatable bonds is 1. The number of fused-ring (bicyclic) bond motifs is 6. The molecule has 158 valence electrons. The van der Waals surface area contributed by atoms with Crippen LogP contribution in [0.15, 0.2) is 79.4 Å². The van der Waals surface area contributed by atoms with E-state index in [1.807, 2.05) is 42.7 Å². The topological polar surface area (TPSA) is 68.9 Å². The van der Waals surface area contributed by atoms with Gasteiger partial charge in [0.15, 0.2) is 0 Å².